The molecule has 3 rings (SSSR count). The van der Waals surface area contributed by atoms with E-state index >= 15 is 0 Å². The molecule has 0 aromatic heterocycles. The second-order valence-corrected chi connectivity index (χ2v) is 7.08. The summed E-state index contributed by atoms with van der Waals surface area (Å²) < 4.78 is 5.18. The van der Waals surface area contributed by atoms with E-state index in [2.05, 4.69) is 22.3 Å². The molecule has 0 aliphatic carbocycles. The Morgan fingerprint density at radius 2 is 2.04 bits per heavy atom. The first kappa shape index (κ1) is 18.7. The quantitative estimate of drug-likeness (QED) is 0.765. The van der Waals surface area contributed by atoms with Crippen LogP contribution < -0.4 is 10.1 Å². The number of nitrogens with one attached hydrogen (secondary N) is 1. The van der Waals surface area contributed by atoms with Crippen molar-refractivity contribution < 1.29 is 19.4 Å². The Hall–Kier alpha value is -2.12. The van der Waals surface area contributed by atoms with Gasteiger partial charge in [-0.1, -0.05) is 12.1 Å². The molecule has 0 bridgehead atoms. The number of rotatable bonds is 6. The van der Waals surface area contributed by atoms with Crippen molar-refractivity contribution >= 4 is 11.8 Å². The molecule has 2 fully saturated rings. The van der Waals surface area contributed by atoms with Gasteiger partial charge >= 0.3 is 0 Å². The van der Waals surface area contributed by atoms with Crippen molar-refractivity contribution in [3.8, 4) is 5.75 Å². The van der Waals surface area contributed by atoms with Crippen LogP contribution in [0.15, 0.2) is 24.3 Å². The molecule has 2 aliphatic heterocycles. The summed E-state index contributed by atoms with van der Waals surface area (Å²) in [6.07, 6.45) is 0.733. The normalized spacial score (nSPS) is 25.7. The highest BCUT2D eigenvalue weighted by Crippen LogP contribution is 2.22. The molecule has 142 valence electrons. The molecule has 7 nitrogen and oxygen atoms in total. The number of methoxy groups -OCH3 is 1. The van der Waals surface area contributed by atoms with Gasteiger partial charge < -0.3 is 20.1 Å². The molecule has 26 heavy (non-hydrogen) atoms. The Balaban J connectivity index is 1.48. The van der Waals surface area contributed by atoms with Gasteiger partial charge in [-0.2, -0.15) is 0 Å². The summed E-state index contributed by atoms with van der Waals surface area (Å²) in [6, 6.07) is 7.76. The number of nitrogens with zero attached hydrogens (tertiary/aromatic N) is 2. The third-order valence-electron chi connectivity index (χ3n) is 5.31. The van der Waals surface area contributed by atoms with Crippen LogP contribution in [-0.4, -0.2) is 71.7 Å². The monoisotopic (exact) mass is 361 g/mol. The average Bonchev–Trinajstić information content (AvgIpc) is 3.01. The lowest BCUT2D eigenvalue weighted by molar-refractivity contribution is -0.137. The Morgan fingerprint density at radius 1 is 1.31 bits per heavy atom. The molecule has 0 radical (unpaired) electrons. The molecule has 1 aromatic rings. The largest absolute Gasteiger partial charge is 0.497 e. The number of β-amino-alcohol motifs (C(OH)–C–C–N with tert-alkyl or cyclic N) is 1. The van der Waals surface area contributed by atoms with Gasteiger partial charge in [-0.25, -0.2) is 0 Å². The molecule has 3 atom stereocenters. The Kier molecular flexibility index (Phi) is 5.78. The summed E-state index contributed by atoms with van der Waals surface area (Å²) in [6.45, 7) is 4.08. The zero-order chi connectivity index (χ0) is 18.7. The first-order valence-corrected chi connectivity index (χ1v) is 9.08. The van der Waals surface area contributed by atoms with Crippen molar-refractivity contribution in [3.63, 3.8) is 0 Å². The summed E-state index contributed by atoms with van der Waals surface area (Å²) >= 11 is 0. The zero-order valence-electron chi connectivity index (χ0n) is 15.4. The fourth-order valence-corrected chi connectivity index (χ4v) is 3.65. The first-order chi connectivity index (χ1) is 12.5. The van der Waals surface area contributed by atoms with Crippen molar-refractivity contribution in [2.24, 2.45) is 0 Å². The molecular formula is C19H27N3O4. The molecule has 0 spiro atoms. The summed E-state index contributed by atoms with van der Waals surface area (Å²) in [5.74, 6) is 0.495. The summed E-state index contributed by atoms with van der Waals surface area (Å²) in [4.78, 5) is 27.8. The van der Waals surface area contributed by atoms with Gasteiger partial charge in [-0.05, 0) is 24.1 Å². The van der Waals surface area contributed by atoms with Crippen LogP contribution >= 0.6 is 0 Å². The third kappa shape index (κ3) is 4.16. The van der Waals surface area contributed by atoms with Crippen molar-refractivity contribution in [1.29, 1.82) is 0 Å². The second kappa shape index (κ2) is 8.05. The zero-order valence-corrected chi connectivity index (χ0v) is 15.4. The van der Waals surface area contributed by atoms with E-state index in [0.717, 1.165) is 25.3 Å². The van der Waals surface area contributed by atoms with E-state index in [-0.39, 0.29) is 18.4 Å². The van der Waals surface area contributed by atoms with E-state index < -0.39 is 12.1 Å². The van der Waals surface area contributed by atoms with E-state index in [0.29, 0.717) is 19.0 Å². The van der Waals surface area contributed by atoms with E-state index in [1.54, 1.807) is 7.11 Å². The van der Waals surface area contributed by atoms with Crippen LogP contribution in [0, 0.1) is 0 Å². The van der Waals surface area contributed by atoms with Gasteiger partial charge in [0.1, 0.15) is 11.8 Å². The van der Waals surface area contributed by atoms with Gasteiger partial charge in [0.2, 0.25) is 11.8 Å². The Bertz CT molecular complexity index is 649. The molecule has 2 aliphatic rings. The molecule has 7 heteroatoms. The number of benzene rings is 1. The maximum Gasteiger partial charge on any atom is 0.242 e. The lowest BCUT2D eigenvalue weighted by atomic mass is 10.0. The Labute approximate surface area is 153 Å². The van der Waals surface area contributed by atoms with Crippen LogP contribution in [0.5, 0.6) is 5.75 Å². The van der Waals surface area contributed by atoms with Crippen molar-refractivity contribution in [3.05, 3.63) is 29.8 Å². The molecule has 2 amide bonds. The maximum absolute atomic E-state index is 12.4. The predicted octanol–water partition coefficient (Wildman–Crippen LogP) is 0.367. The summed E-state index contributed by atoms with van der Waals surface area (Å²) in [7, 11) is 1.65. The number of hydrogen-bond acceptors (Lipinski definition) is 5. The van der Waals surface area contributed by atoms with Gasteiger partial charge in [0.05, 0.1) is 13.2 Å². The highest BCUT2D eigenvalue weighted by atomic mass is 16.5. The standard InChI is InChI=1S/C19H27N3O4/c1-13(23)22-12-16(24)9-18(22)19(25)20-10-15-7-8-21(15)11-14-3-5-17(26-2)6-4-14/h3-6,15-16,18,24H,7-12H2,1-2H3,(H,20,25)/t15?,16-,18-/m1/s1. The van der Waals surface area contributed by atoms with E-state index in [1.165, 1.54) is 17.4 Å². The summed E-state index contributed by atoms with van der Waals surface area (Å²) in [5.41, 5.74) is 1.21. The molecule has 2 N–H and O–H groups in total. The van der Waals surface area contributed by atoms with Crippen molar-refractivity contribution in [1.82, 2.24) is 15.1 Å². The lowest BCUT2D eigenvalue weighted by Crippen LogP contribution is -2.55. The van der Waals surface area contributed by atoms with Crippen LogP contribution in [0.25, 0.3) is 0 Å². The fourth-order valence-electron chi connectivity index (χ4n) is 3.65. The maximum atomic E-state index is 12.4. The number of amides is 2. The van der Waals surface area contributed by atoms with Crippen LogP contribution in [0.4, 0.5) is 0 Å². The molecule has 1 unspecified atom stereocenters. The van der Waals surface area contributed by atoms with Crippen LogP contribution in [0.3, 0.4) is 0 Å². The fraction of sp³-hybridized carbons (Fsp3) is 0.579. The average molecular weight is 361 g/mol. The van der Waals surface area contributed by atoms with Gasteiger partial charge in [-0.15, -0.1) is 0 Å². The third-order valence-corrected chi connectivity index (χ3v) is 5.31. The number of aliphatic hydroxyl groups is 1. The van der Waals surface area contributed by atoms with Crippen molar-refractivity contribution in [2.75, 3.05) is 26.7 Å². The van der Waals surface area contributed by atoms with Crippen LogP contribution in [0.2, 0.25) is 0 Å². The molecule has 2 heterocycles. The minimum Gasteiger partial charge on any atom is -0.497 e. The highest BCUT2D eigenvalue weighted by molar-refractivity contribution is 5.87. The number of carbonyl (C=O) groups excluding carboxylic acids is 2. The number of aliphatic hydroxyl groups excluding tert-OH is 1. The SMILES string of the molecule is COc1ccc(CN2CCC2CNC(=O)[C@H]2C[C@@H](O)CN2C(C)=O)cc1. The molecular weight excluding hydrogens is 334 g/mol. The predicted molar refractivity (Wildman–Crippen MR) is 96.6 cm³/mol. The number of carbonyl (C=O) groups is 2. The first-order valence-electron chi connectivity index (χ1n) is 9.08. The minimum atomic E-state index is -0.620. The molecule has 0 saturated carbocycles. The van der Waals surface area contributed by atoms with Crippen LogP contribution in [0.1, 0.15) is 25.3 Å². The van der Waals surface area contributed by atoms with E-state index in [1.807, 2.05) is 12.1 Å². The van der Waals surface area contributed by atoms with Gasteiger partial charge in [-0.3, -0.25) is 14.5 Å². The van der Waals surface area contributed by atoms with Gasteiger partial charge in [0.15, 0.2) is 0 Å². The second-order valence-electron chi connectivity index (χ2n) is 7.08. The molecule has 2 saturated heterocycles. The Morgan fingerprint density at radius 3 is 2.62 bits per heavy atom. The summed E-state index contributed by atoms with van der Waals surface area (Å²) in [5, 5.41) is 12.7. The number of likely N-dealkylation sites (tertiary alicyclic amines) is 2. The topological polar surface area (TPSA) is 82.1 Å². The number of hydrogen-bond donors (Lipinski definition) is 2. The van der Waals surface area contributed by atoms with E-state index in [9.17, 15) is 14.7 Å². The lowest BCUT2D eigenvalue weighted by Gasteiger charge is -2.41. The smallest absolute Gasteiger partial charge is 0.242 e. The number of ether oxygens (including phenoxy) is 1. The van der Waals surface area contributed by atoms with E-state index in [4.69, 9.17) is 4.74 Å². The van der Waals surface area contributed by atoms with Gasteiger partial charge in [0.25, 0.3) is 0 Å². The minimum absolute atomic E-state index is 0.173. The molecule has 1 aromatic carbocycles. The highest BCUT2D eigenvalue weighted by Gasteiger charge is 2.38. The van der Waals surface area contributed by atoms with Crippen LogP contribution in [-0.2, 0) is 16.1 Å². The van der Waals surface area contributed by atoms with Gasteiger partial charge in [0, 0.05) is 45.6 Å². The van der Waals surface area contributed by atoms with Crippen molar-refractivity contribution in [2.45, 2.75) is 44.5 Å².